The predicted octanol–water partition coefficient (Wildman–Crippen LogP) is 0.981. The molecule has 4 N–H and O–H groups in total. The van der Waals surface area contributed by atoms with Gasteiger partial charge in [-0.05, 0) is 31.5 Å². The molecule has 0 saturated carbocycles. The van der Waals surface area contributed by atoms with Crippen molar-refractivity contribution >= 4 is 23.2 Å². The average Bonchev–Trinajstić information content (AvgIpc) is 2.47. The van der Waals surface area contributed by atoms with Crippen LogP contribution in [0, 0.1) is 0 Å². The van der Waals surface area contributed by atoms with E-state index in [1.54, 1.807) is 25.2 Å². The van der Waals surface area contributed by atoms with Gasteiger partial charge in [-0.1, -0.05) is 6.92 Å². The molecule has 1 rings (SSSR count). The fourth-order valence-electron chi connectivity index (χ4n) is 2.03. The Kier molecular flexibility index (Phi) is 6.52. The maximum absolute atomic E-state index is 11.9. The number of benzene rings is 1. The molecule has 0 spiro atoms. The Morgan fingerprint density at radius 1 is 1.29 bits per heavy atom. The summed E-state index contributed by atoms with van der Waals surface area (Å²) in [5.41, 5.74) is 7.82. The first kappa shape index (κ1) is 16.8. The maximum atomic E-state index is 11.9. The molecule has 0 unspecified atom stereocenters. The lowest BCUT2D eigenvalue weighted by Crippen LogP contribution is -2.36. The summed E-state index contributed by atoms with van der Waals surface area (Å²) in [6.07, 6.45) is 0.877. The Labute approximate surface area is 125 Å². The highest BCUT2D eigenvalue weighted by atomic mass is 16.2. The average molecular weight is 292 g/mol. The van der Waals surface area contributed by atoms with Crippen LogP contribution in [-0.4, -0.2) is 38.5 Å². The fourth-order valence-corrected chi connectivity index (χ4v) is 2.03. The summed E-state index contributed by atoms with van der Waals surface area (Å²) in [6, 6.07) is 5.12. The van der Waals surface area contributed by atoms with Crippen LogP contribution in [0.3, 0.4) is 0 Å². The molecular weight excluding hydrogens is 268 g/mol. The second kappa shape index (κ2) is 8.14. The molecule has 0 fully saturated rings. The van der Waals surface area contributed by atoms with Gasteiger partial charge >= 0.3 is 0 Å². The molecule has 6 nitrogen and oxygen atoms in total. The zero-order valence-corrected chi connectivity index (χ0v) is 12.9. The first-order valence-electron chi connectivity index (χ1n) is 7.16. The number of carbonyl (C=O) groups is 2. The van der Waals surface area contributed by atoms with Gasteiger partial charge < -0.3 is 21.3 Å². The minimum atomic E-state index is -0.143. The van der Waals surface area contributed by atoms with Crippen LogP contribution in [0.4, 0.5) is 11.4 Å². The van der Waals surface area contributed by atoms with Crippen molar-refractivity contribution in [2.45, 2.75) is 20.3 Å². The molecule has 6 heteroatoms. The highest BCUT2D eigenvalue weighted by Crippen LogP contribution is 2.25. The summed E-state index contributed by atoms with van der Waals surface area (Å²) >= 11 is 0. The third-order valence-corrected chi connectivity index (χ3v) is 3.08. The van der Waals surface area contributed by atoms with Crippen molar-refractivity contribution in [3.05, 3.63) is 23.8 Å². The summed E-state index contributed by atoms with van der Waals surface area (Å²) < 4.78 is 0. The Balaban J connectivity index is 3.08. The molecule has 0 aliphatic heterocycles. The van der Waals surface area contributed by atoms with Crippen LogP contribution in [0.15, 0.2) is 18.2 Å². The number of hydrogen-bond donors (Lipinski definition) is 3. The third kappa shape index (κ3) is 4.66. The van der Waals surface area contributed by atoms with Crippen molar-refractivity contribution < 1.29 is 9.59 Å². The van der Waals surface area contributed by atoms with Crippen LogP contribution in [-0.2, 0) is 4.79 Å². The van der Waals surface area contributed by atoms with E-state index in [1.807, 2.05) is 18.7 Å². The van der Waals surface area contributed by atoms with Crippen LogP contribution in [0.2, 0.25) is 0 Å². The van der Waals surface area contributed by atoms with Crippen LogP contribution < -0.4 is 21.3 Å². The molecule has 2 amide bonds. The van der Waals surface area contributed by atoms with Crippen molar-refractivity contribution in [1.82, 2.24) is 10.6 Å². The Morgan fingerprint density at radius 2 is 2.00 bits per heavy atom. The maximum Gasteiger partial charge on any atom is 0.251 e. The highest BCUT2D eigenvalue weighted by Gasteiger charge is 2.15. The molecule has 0 saturated heterocycles. The zero-order valence-electron chi connectivity index (χ0n) is 12.9. The van der Waals surface area contributed by atoms with E-state index in [0.717, 1.165) is 6.42 Å². The molecule has 0 bridgehead atoms. The van der Waals surface area contributed by atoms with Gasteiger partial charge in [0.1, 0.15) is 0 Å². The molecule has 0 radical (unpaired) electrons. The molecular formula is C15H24N4O2. The van der Waals surface area contributed by atoms with E-state index < -0.39 is 0 Å². The van der Waals surface area contributed by atoms with Crippen LogP contribution in [0.25, 0.3) is 0 Å². The largest absolute Gasteiger partial charge is 0.397 e. The smallest absolute Gasteiger partial charge is 0.251 e. The number of nitrogens with two attached hydrogens (primary N) is 1. The number of anilines is 2. The summed E-state index contributed by atoms with van der Waals surface area (Å²) in [6.45, 7) is 5.37. The predicted molar refractivity (Wildman–Crippen MR) is 85.4 cm³/mol. The van der Waals surface area contributed by atoms with E-state index in [0.29, 0.717) is 30.0 Å². The summed E-state index contributed by atoms with van der Waals surface area (Å²) in [5, 5.41) is 5.35. The van der Waals surface area contributed by atoms with E-state index in [9.17, 15) is 9.59 Å². The SMILES string of the molecule is CCCN(CC(=O)NC)c1cc(C(=O)NCC)ccc1N. The third-order valence-electron chi connectivity index (χ3n) is 3.08. The molecule has 0 aliphatic carbocycles. The van der Waals surface area contributed by atoms with E-state index in [4.69, 9.17) is 5.73 Å². The molecule has 0 aromatic heterocycles. The molecule has 0 aliphatic rings. The fraction of sp³-hybridized carbons (Fsp3) is 0.467. The van der Waals surface area contributed by atoms with E-state index in [2.05, 4.69) is 10.6 Å². The van der Waals surface area contributed by atoms with Gasteiger partial charge in [-0.3, -0.25) is 9.59 Å². The first-order chi connectivity index (χ1) is 10.0. The van der Waals surface area contributed by atoms with Gasteiger partial charge in [0.25, 0.3) is 5.91 Å². The molecule has 1 aromatic rings. The standard InChI is InChI=1S/C15H24N4O2/c1-4-8-19(10-14(20)17-3)13-9-11(6-7-12(13)16)15(21)18-5-2/h6-7,9H,4-5,8,10,16H2,1-3H3,(H,17,20)(H,18,21). The second-order valence-corrected chi connectivity index (χ2v) is 4.73. The highest BCUT2D eigenvalue weighted by molar-refractivity contribution is 5.96. The minimum Gasteiger partial charge on any atom is -0.397 e. The molecule has 0 atom stereocenters. The van der Waals surface area contributed by atoms with Crippen LogP contribution >= 0.6 is 0 Å². The van der Waals surface area contributed by atoms with Gasteiger partial charge in [-0.15, -0.1) is 0 Å². The van der Waals surface area contributed by atoms with Gasteiger partial charge in [0, 0.05) is 25.7 Å². The van der Waals surface area contributed by atoms with E-state index >= 15 is 0 Å². The van der Waals surface area contributed by atoms with Crippen molar-refractivity contribution in [3.63, 3.8) is 0 Å². The number of likely N-dealkylation sites (N-methyl/N-ethyl adjacent to an activating group) is 1. The number of nitrogen functional groups attached to an aromatic ring is 1. The van der Waals surface area contributed by atoms with Crippen molar-refractivity contribution in [2.75, 3.05) is 37.3 Å². The second-order valence-electron chi connectivity index (χ2n) is 4.73. The van der Waals surface area contributed by atoms with E-state index in [-0.39, 0.29) is 18.4 Å². The first-order valence-corrected chi connectivity index (χ1v) is 7.16. The number of amides is 2. The van der Waals surface area contributed by atoms with Crippen molar-refractivity contribution in [2.24, 2.45) is 0 Å². The molecule has 116 valence electrons. The lowest BCUT2D eigenvalue weighted by Gasteiger charge is -2.25. The quantitative estimate of drug-likeness (QED) is 0.654. The lowest BCUT2D eigenvalue weighted by molar-refractivity contribution is -0.119. The number of hydrogen-bond acceptors (Lipinski definition) is 4. The van der Waals surface area contributed by atoms with Gasteiger partial charge in [0.15, 0.2) is 0 Å². The van der Waals surface area contributed by atoms with Gasteiger partial charge in [-0.25, -0.2) is 0 Å². The van der Waals surface area contributed by atoms with Crippen molar-refractivity contribution in [1.29, 1.82) is 0 Å². The van der Waals surface area contributed by atoms with Crippen LogP contribution in [0.1, 0.15) is 30.6 Å². The van der Waals surface area contributed by atoms with Gasteiger partial charge in [-0.2, -0.15) is 0 Å². The number of nitrogens with zero attached hydrogens (tertiary/aromatic N) is 1. The monoisotopic (exact) mass is 292 g/mol. The van der Waals surface area contributed by atoms with Crippen molar-refractivity contribution in [3.8, 4) is 0 Å². The molecule has 0 heterocycles. The van der Waals surface area contributed by atoms with Crippen LogP contribution in [0.5, 0.6) is 0 Å². The molecule has 1 aromatic carbocycles. The number of nitrogens with one attached hydrogen (secondary N) is 2. The normalized spacial score (nSPS) is 10.0. The molecule has 21 heavy (non-hydrogen) atoms. The lowest BCUT2D eigenvalue weighted by atomic mass is 10.1. The Hall–Kier alpha value is -2.24. The Bertz CT molecular complexity index is 502. The Morgan fingerprint density at radius 3 is 2.57 bits per heavy atom. The number of carbonyl (C=O) groups excluding carboxylic acids is 2. The number of rotatable bonds is 7. The topological polar surface area (TPSA) is 87.5 Å². The summed E-state index contributed by atoms with van der Waals surface area (Å²) in [5.74, 6) is -0.235. The summed E-state index contributed by atoms with van der Waals surface area (Å²) in [7, 11) is 1.60. The van der Waals surface area contributed by atoms with E-state index in [1.165, 1.54) is 0 Å². The zero-order chi connectivity index (χ0) is 15.8. The summed E-state index contributed by atoms with van der Waals surface area (Å²) in [4.78, 5) is 25.4. The minimum absolute atomic E-state index is 0.0914. The van der Waals surface area contributed by atoms with Gasteiger partial charge in [0.05, 0.1) is 17.9 Å². The van der Waals surface area contributed by atoms with Gasteiger partial charge in [0.2, 0.25) is 5.91 Å².